The number of aromatic amines is 1. The summed E-state index contributed by atoms with van der Waals surface area (Å²) < 4.78 is 5.42. The lowest BCUT2D eigenvalue weighted by Crippen LogP contribution is -3.08. The number of nitrogens with zero attached hydrogens (tertiary/aromatic N) is 2. The van der Waals surface area contributed by atoms with Crippen molar-refractivity contribution >= 4 is 17.4 Å². The first-order chi connectivity index (χ1) is 9.70. The number of likely N-dealkylation sites (N-methyl/N-ethyl adjacent to an activating group) is 1. The summed E-state index contributed by atoms with van der Waals surface area (Å²) >= 11 is 6.28. The number of quaternary nitrogens is 1. The molecule has 1 saturated heterocycles. The molecule has 0 aliphatic carbocycles. The van der Waals surface area contributed by atoms with Gasteiger partial charge in [0.2, 0.25) is 5.15 Å². The standard InChI is InChI=1S/C14H17ClN4O/c1-18-3-2-10-11(8-16)13(15)17-14(12(10)9-18)19-4-6-20-7-5-19/h2-7,9H2,1H3/p+2. The number of hydrogen-bond donors (Lipinski definition) is 1. The second-order valence-corrected chi connectivity index (χ2v) is 5.84. The van der Waals surface area contributed by atoms with Crippen molar-refractivity contribution in [3.63, 3.8) is 0 Å². The monoisotopic (exact) mass is 294 g/mol. The Bertz CT molecular complexity index is 563. The van der Waals surface area contributed by atoms with E-state index in [4.69, 9.17) is 16.3 Å². The molecule has 3 heterocycles. The summed E-state index contributed by atoms with van der Waals surface area (Å²) in [5, 5.41) is 9.81. The molecular formula is C14H19ClN4O+2. The van der Waals surface area contributed by atoms with Gasteiger partial charge in [-0.2, -0.15) is 5.26 Å². The van der Waals surface area contributed by atoms with E-state index in [2.05, 4.69) is 23.0 Å². The van der Waals surface area contributed by atoms with Crippen molar-refractivity contribution in [3.8, 4) is 6.07 Å². The lowest BCUT2D eigenvalue weighted by molar-refractivity contribution is -0.895. The van der Waals surface area contributed by atoms with Gasteiger partial charge < -0.3 is 9.64 Å². The summed E-state index contributed by atoms with van der Waals surface area (Å²) in [5.74, 6) is 1.08. The molecule has 1 atom stereocenters. The molecule has 1 aromatic heterocycles. The number of H-pyrrole nitrogens is 1. The number of nitriles is 1. The molecule has 1 fully saturated rings. The van der Waals surface area contributed by atoms with Crippen LogP contribution in [0.25, 0.3) is 0 Å². The Balaban J connectivity index is 2.09. The number of morpholine rings is 1. The van der Waals surface area contributed by atoms with E-state index < -0.39 is 0 Å². The topological polar surface area (TPSA) is 54.8 Å². The summed E-state index contributed by atoms with van der Waals surface area (Å²) in [6.07, 6.45) is 0.912. The van der Waals surface area contributed by atoms with Crippen LogP contribution in [0.3, 0.4) is 0 Å². The van der Waals surface area contributed by atoms with Gasteiger partial charge in [0, 0.05) is 6.42 Å². The molecule has 0 amide bonds. The molecule has 5 nitrogen and oxygen atoms in total. The third-order valence-electron chi connectivity index (χ3n) is 4.12. The van der Waals surface area contributed by atoms with Gasteiger partial charge in [0.1, 0.15) is 36.8 Å². The van der Waals surface area contributed by atoms with Crippen molar-refractivity contribution in [1.82, 2.24) is 0 Å². The van der Waals surface area contributed by atoms with E-state index in [0.717, 1.165) is 57.2 Å². The van der Waals surface area contributed by atoms with Gasteiger partial charge in [-0.3, -0.25) is 4.90 Å². The van der Waals surface area contributed by atoms with Crippen molar-refractivity contribution in [2.24, 2.45) is 0 Å². The van der Waals surface area contributed by atoms with Crippen LogP contribution in [0.15, 0.2) is 0 Å². The highest BCUT2D eigenvalue weighted by Gasteiger charge is 2.33. The molecule has 3 rings (SSSR count). The molecule has 106 valence electrons. The Labute approximate surface area is 123 Å². The first-order valence-corrected chi connectivity index (χ1v) is 7.39. The van der Waals surface area contributed by atoms with Crippen molar-refractivity contribution in [2.75, 3.05) is 44.8 Å². The largest absolute Gasteiger partial charge is 0.373 e. The van der Waals surface area contributed by atoms with Crippen molar-refractivity contribution in [3.05, 3.63) is 21.8 Å². The number of fused-ring (bicyclic) bond motifs is 1. The van der Waals surface area contributed by atoms with Crippen molar-refractivity contribution < 1.29 is 14.6 Å². The molecule has 0 aromatic carbocycles. The molecule has 0 radical (unpaired) electrons. The third kappa shape index (κ3) is 2.35. The lowest BCUT2D eigenvalue weighted by atomic mass is 9.96. The van der Waals surface area contributed by atoms with Gasteiger partial charge >= 0.3 is 0 Å². The molecule has 6 heteroatoms. The number of nitrogens with one attached hydrogen (secondary N) is 2. The van der Waals surface area contributed by atoms with E-state index in [9.17, 15) is 5.26 Å². The minimum Gasteiger partial charge on any atom is -0.373 e. The van der Waals surface area contributed by atoms with Crippen LogP contribution >= 0.6 is 11.6 Å². The number of aromatic nitrogens is 1. The van der Waals surface area contributed by atoms with Crippen LogP contribution in [0.1, 0.15) is 16.7 Å². The van der Waals surface area contributed by atoms with E-state index >= 15 is 0 Å². The number of anilines is 1. The minimum atomic E-state index is 0.465. The number of ether oxygens (including phenoxy) is 1. The summed E-state index contributed by atoms with van der Waals surface area (Å²) in [4.78, 5) is 7.00. The second kappa shape index (κ2) is 5.57. The van der Waals surface area contributed by atoms with E-state index in [1.807, 2.05) is 0 Å². The number of pyridine rings is 1. The van der Waals surface area contributed by atoms with E-state index in [-0.39, 0.29) is 0 Å². The predicted molar refractivity (Wildman–Crippen MR) is 74.9 cm³/mol. The van der Waals surface area contributed by atoms with Crippen LogP contribution in [0.5, 0.6) is 0 Å². The predicted octanol–water partition coefficient (Wildman–Crippen LogP) is -0.567. The SMILES string of the molecule is C[NH+]1CCc2c(C#N)c(Cl)[nH+]c(N3CCOCC3)c2C1. The van der Waals surface area contributed by atoms with Gasteiger partial charge in [-0.1, -0.05) is 0 Å². The van der Waals surface area contributed by atoms with Gasteiger partial charge in [-0.25, -0.2) is 4.98 Å². The summed E-state index contributed by atoms with van der Waals surface area (Å²) in [5.41, 5.74) is 2.99. The lowest BCUT2D eigenvalue weighted by Gasteiger charge is -2.28. The van der Waals surface area contributed by atoms with Crippen LogP contribution in [-0.2, 0) is 17.7 Å². The highest BCUT2D eigenvalue weighted by Crippen LogP contribution is 2.27. The molecule has 1 aromatic rings. The maximum absolute atomic E-state index is 9.35. The smallest absolute Gasteiger partial charge is 0.285 e. The average Bonchev–Trinajstić information content (AvgIpc) is 2.48. The zero-order valence-electron chi connectivity index (χ0n) is 11.6. The maximum Gasteiger partial charge on any atom is 0.285 e. The van der Waals surface area contributed by atoms with Gasteiger partial charge in [-0.15, -0.1) is 0 Å². The van der Waals surface area contributed by atoms with Crippen LogP contribution in [0.2, 0.25) is 5.15 Å². The Morgan fingerprint density at radius 2 is 2.10 bits per heavy atom. The fourth-order valence-corrected chi connectivity index (χ4v) is 3.28. The Morgan fingerprint density at radius 1 is 1.35 bits per heavy atom. The highest BCUT2D eigenvalue weighted by molar-refractivity contribution is 6.29. The molecule has 20 heavy (non-hydrogen) atoms. The maximum atomic E-state index is 9.35. The van der Waals surface area contributed by atoms with Crippen molar-refractivity contribution in [2.45, 2.75) is 13.0 Å². The molecular weight excluding hydrogens is 276 g/mol. The molecule has 0 spiro atoms. The zero-order chi connectivity index (χ0) is 14.1. The van der Waals surface area contributed by atoms with Gasteiger partial charge in [0.15, 0.2) is 0 Å². The first kappa shape index (κ1) is 13.6. The summed E-state index contributed by atoms with van der Waals surface area (Å²) in [6, 6.07) is 2.25. The minimum absolute atomic E-state index is 0.465. The number of halogens is 1. The summed E-state index contributed by atoms with van der Waals surface area (Å²) in [7, 11) is 2.19. The van der Waals surface area contributed by atoms with Crippen LogP contribution in [0.4, 0.5) is 5.82 Å². The molecule has 2 aliphatic heterocycles. The number of hydrogen-bond acceptors (Lipinski definition) is 3. The summed E-state index contributed by atoms with van der Waals surface area (Å²) in [6.45, 7) is 5.19. The molecule has 0 bridgehead atoms. The van der Waals surface area contributed by atoms with E-state index in [1.54, 1.807) is 0 Å². The van der Waals surface area contributed by atoms with Gasteiger partial charge in [0.25, 0.3) is 5.82 Å². The van der Waals surface area contributed by atoms with Crippen LogP contribution in [0, 0.1) is 11.3 Å². The fraction of sp³-hybridized carbons (Fsp3) is 0.571. The van der Waals surface area contributed by atoms with Crippen LogP contribution < -0.4 is 14.8 Å². The third-order valence-corrected chi connectivity index (χ3v) is 4.40. The van der Waals surface area contributed by atoms with Gasteiger partial charge in [0.05, 0.1) is 26.8 Å². The molecule has 2 aliphatic rings. The highest BCUT2D eigenvalue weighted by atomic mass is 35.5. The zero-order valence-corrected chi connectivity index (χ0v) is 12.4. The van der Waals surface area contributed by atoms with Gasteiger partial charge in [-0.05, 0) is 17.2 Å². The van der Waals surface area contributed by atoms with Crippen LogP contribution in [-0.4, -0.2) is 39.9 Å². The van der Waals surface area contributed by atoms with Crippen molar-refractivity contribution in [1.29, 1.82) is 5.26 Å². The number of rotatable bonds is 1. The molecule has 0 saturated carbocycles. The quantitative estimate of drug-likeness (QED) is 0.706. The molecule has 2 N–H and O–H groups in total. The average molecular weight is 295 g/mol. The Kier molecular flexibility index (Phi) is 3.79. The first-order valence-electron chi connectivity index (χ1n) is 7.01. The normalized spacial score (nSPS) is 22.2. The second-order valence-electron chi connectivity index (χ2n) is 5.46. The Hall–Kier alpha value is -1.35. The Morgan fingerprint density at radius 3 is 2.80 bits per heavy atom. The fourth-order valence-electron chi connectivity index (χ4n) is 3.04. The van der Waals surface area contributed by atoms with E-state index in [1.165, 1.54) is 10.5 Å². The van der Waals surface area contributed by atoms with E-state index in [0.29, 0.717) is 10.7 Å². The molecule has 1 unspecified atom stereocenters.